The maximum atomic E-state index is 14.2. The SMILES string of the molecule is O=C(c1cc2n(n1)CCN(Cc1c(F)cccc1Cl)C2=O)N1CCN(c2cccc(C(F)(F)F)c2)CC1. The van der Waals surface area contributed by atoms with Crippen molar-refractivity contribution in [1.82, 2.24) is 19.6 Å². The van der Waals surface area contributed by atoms with E-state index < -0.39 is 17.6 Å². The number of anilines is 1. The van der Waals surface area contributed by atoms with Crippen LogP contribution in [0.1, 0.15) is 32.1 Å². The number of halogens is 5. The fraction of sp³-hybridized carbons (Fsp3) is 0.320. The van der Waals surface area contributed by atoms with Gasteiger partial charge in [0, 0.05) is 55.1 Å². The van der Waals surface area contributed by atoms with Crippen molar-refractivity contribution in [1.29, 1.82) is 0 Å². The lowest BCUT2D eigenvalue weighted by Gasteiger charge is -2.36. The maximum Gasteiger partial charge on any atom is 0.416 e. The van der Waals surface area contributed by atoms with Crippen molar-refractivity contribution in [2.24, 2.45) is 0 Å². The quantitative estimate of drug-likeness (QED) is 0.467. The van der Waals surface area contributed by atoms with Crippen LogP contribution in [0.25, 0.3) is 0 Å². The Morgan fingerprint density at radius 2 is 1.70 bits per heavy atom. The minimum atomic E-state index is -4.43. The molecule has 1 fully saturated rings. The third-order valence-corrected chi connectivity index (χ3v) is 6.96. The smallest absolute Gasteiger partial charge is 0.368 e. The first-order valence-electron chi connectivity index (χ1n) is 11.6. The normalized spacial score (nSPS) is 16.2. The highest BCUT2D eigenvalue weighted by Gasteiger charge is 2.33. The van der Waals surface area contributed by atoms with Gasteiger partial charge in [0.2, 0.25) is 0 Å². The largest absolute Gasteiger partial charge is 0.416 e. The monoisotopic (exact) mass is 535 g/mol. The van der Waals surface area contributed by atoms with Crippen molar-refractivity contribution < 1.29 is 27.2 Å². The molecule has 37 heavy (non-hydrogen) atoms. The lowest BCUT2D eigenvalue weighted by atomic mass is 10.1. The number of alkyl halides is 3. The standard InChI is InChI=1S/C25H22ClF4N5O2/c26-19-5-2-6-20(27)18(19)15-34-11-12-35-22(24(34)37)14-21(31-35)23(36)33-9-7-32(8-10-33)17-4-1-3-16(13-17)25(28,29)30/h1-6,13-14H,7-12,15H2. The molecule has 0 spiro atoms. The van der Waals surface area contributed by atoms with Gasteiger partial charge in [0.25, 0.3) is 11.8 Å². The second-order valence-electron chi connectivity index (χ2n) is 8.89. The summed E-state index contributed by atoms with van der Waals surface area (Å²) in [5.41, 5.74) is 0.287. The summed E-state index contributed by atoms with van der Waals surface area (Å²) in [7, 11) is 0. The first kappa shape index (κ1) is 25.1. The van der Waals surface area contributed by atoms with Crippen LogP contribution in [0, 0.1) is 5.82 Å². The van der Waals surface area contributed by atoms with E-state index in [1.54, 1.807) is 21.9 Å². The number of carbonyl (C=O) groups excluding carboxylic acids is 2. The van der Waals surface area contributed by atoms with Gasteiger partial charge in [-0.1, -0.05) is 23.7 Å². The molecule has 1 saturated heterocycles. The molecule has 2 amide bonds. The summed E-state index contributed by atoms with van der Waals surface area (Å²) in [5.74, 6) is -1.24. The Kier molecular flexibility index (Phi) is 6.57. The van der Waals surface area contributed by atoms with E-state index in [-0.39, 0.29) is 46.9 Å². The second-order valence-corrected chi connectivity index (χ2v) is 9.30. The van der Waals surface area contributed by atoms with Gasteiger partial charge in [-0.15, -0.1) is 0 Å². The molecule has 0 atom stereocenters. The molecule has 7 nitrogen and oxygen atoms in total. The molecule has 5 rings (SSSR count). The average Bonchev–Trinajstić information content (AvgIpc) is 3.32. The van der Waals surface area contributed by atoms with Crippen molar-refractivity contribution in [3.63, 3.8) is 0 Å². The van der Waals surface area contributed by atoms with Crippen LogP contribution in [0.3, 0.4) is 0 Å². The number of hydrogen-bond acceptors (Lipinski definition) is 4. The Morgan fingerprint density at radius 3 is 2.41 bits per heavy atom. The predicted octanol–water partition coefficient (Wildman–Crippen LogP) is 4.31. The zero-order chi connectivity index (χ0) is 26.3. The molecule has 0 radical (unpaired) electrons. The van der Waals surface area contributed by atoms with Crippen molar-refractivity contribution in [3.05, 3.63) is 81.9 Å². The maximum absolute atomic E-state index is 14.2. The number of nitrogens with zero attached hydrogens (tertiary/aromatic N) is 5. The van der Waals surface area contributed by atoms with Crippen LogP contribution in [-0.2, 0) is 19.3 Å². The fourth-order valence-electron chi connectivity index (χ4n) is 4.58. The van der Waals surface area contributed by atoms with Crippen LogP contribution in [0.5, 0.6) is 0 Å². The predicted molar refractivity (Wildman–Crippen MR) is 128 cm³/mol. The van der Waals surface area contributed by atoms with E-state index in [0.29, 0.717) is 38.4 Å². The minimum Gasteiger partial charge on any atom is -0.368 e. The summed E-state index contributed by atoms with van der Waals surface area (Å²) in [6.07, 6.45) is -4.43. The number of aromatic nitrogens is 2. The summed E-state index contributed by atoms with van der Waals surface area (Å²) in [5, 5.41) is 4.54. The van der Waals surface area contributed by atoms with E-state index in [9.17, 15) is 27.2 Å². The number of hydrogen-bond donors (Lipinski definition) is 0. The Hall–Kier alpha value is -3.60. The Labute approximate surface area is 214 Å². The fourth-order valence-corrected chi connectivity index (χ4v) is 4.80. The van der Waals surface area contributed by atoms with Gasteiger partial charge in [-0.2, -0.15) is 18.3 Å². The van der Waals surface area contributed by atoms with Crippen LogP contribution in [-0.4, -0.2) is 64.1 Å². The number of amides is 2. The molecule has 0 saturated carbocycles. The summed E-state index contributed by atoms with van der Waals surface area (Å²) in [4.78, 5) is 31.0. The van der Waals surface area contributed by atoms with Crippen LogP contribution in [0.2, 0.25) is 5.02 Å². The van der Waals surface area contributed by atoms with Gasteiger partial charge in [-0.05, 0) is 30.3 Å². The van der Waals surface area contributed by atoms with Crippen LogP contribution in [0.15, 0.2) is 48.5 Å². The van der Waals surface area contributed by atoms with Crippen LogP contribution < -0.4 is 4.90 Å². The van der Waals surface area contributed by atoms with Gasteiger partial charge in [0.15, 0.2) is 5.69 Å². The third kappa shape index (κ3) is 5.00. The highest BCUT2D eigenvalue weighted by atomic mass is 35.5. The van der Waals surface area contributed by atoms with Gasteiger partial charge < -0.3 is 14.7 Å². The van der Waals surface area contributed by atoms with Gasteiger partial charge in [-0.25, -0.2) is 4.39 Å². The van der Waals surface area contributed by atoms with Gasteiger partial charge in [0.1, 0.15) is 11.5 Å². The summed E-state index contributed by atoms with van der Waals surface area (Å²) >= 11 is 6.11. The highest BCUT2D eigenvalue weighted by Crippen LogP contribution is 2.32. The highest BCUT2D eigenvalue weighted by molar-refractivity contribution is 6.31. The molecular formula is C25H22ClF4N5O2. The first-order valence-corrected chi connectivity index (χ1v) is 12.0. The van der Waals surface area contributed by atoms with Crippen molar-refractivity contribution in [3.8, 4) is 0 Å². The summed E-state index contributed by atoms with van der Waals surface area (Å²) in [6, 6.07) is 10.9. The Morgan fingerprint density at radius 1 is 0.973 bits per heavy atom. The third-order valence-electron chi connectivity index (χ3n) is 6.60. The van der Waals surface area contributed by atoms with E-state index >= 15 is 0 Å². The number of benzene rings is 2. The molecule has 0 unspecified atom stereocenters. The number of piperazine rings is 1. The molecule has 12 heteroatoms. The topological polar surface area (TPSA) is 61.7 Å². The van der Waals surface area contributed by atoms with E-state index in [1.807, 2.05) is 0 Å². The summed E-state index contributed by atoms with van der Waals surface area (Å²) in [6.45, 7) is 1.92. The van der Waals surface area contributed by atoms with E-state index in [0.717, 1.165) is 12.1 Å². The molecule has 3 heterocycles. The van der Waals surface area contributed by atoms with Gasteiger partial charge >= 0.3 is 6.18 Å². The Balaban J connectivity index is 1.25. The lowest BCUT2D eigenvalue weighted by Crippen LogP contribution is -2.49. The zero-order valence-corrected chi connectivity index (χ0v) is 20.3. The zero-order valence-electron chi connectivity index (χ0n) is 19.5. The molecule has 1 aromatic heterocycles. The van der Waals surface area contributed by atoms with Crippen LogP contribution in [0.4, 0.5) is 23.2 Å². The average molecular weight is 536 g/mol. The molecule has 2 aliphatic heterocycles. The Bertz CT molecular complexity index is 1330. The number of carbonyl (C=O) groups is 2. The van der Waals surface area contributed by atoms with E-state index in [4.69, 9.17) is 11.6 Å². The molecule has 0 bridgehead atoms. The van der Waals surface area contributed by atoms with Crippen molar-refractivity contribution in [2.75, 3.05) is 37.6 Å². The van der Waals surface area contributed by atoms with Crippen molar-refractivity contribution in [2.45, 2.75) is 19.3 Å². The summed E-state index contributed by atoms with van der Waals surface area (Å²) < 4.78 is 54.8. The second kappa shape index (κ2) is 9.70. The molecule has 0 N–H and O–H groups in total. The molecule has 2 aromatic carbocycles. The van der Waals surface area contributed by atoms with Crippen LogP contribution >= 0.6 is 11.6 Å². The minimum absolute atomic E-state index is 0.00367. The van der Waals surface area contributed by atoms with E-state index in [2.05, 4.69) is 5.10 Å². The lowest BCUT2D eigenvalue weighted by molar-refractivity contribution is -0.137. The van der Waals surface area contributed by atoms with Crippen molar-refractivity contribution >= 4 is 29.1 Å². The van der Waals surface area contributed by atoms with Gasteiger partial charge in [0.05, 0.1) is 18.7 Å². The molecular weight excluding hydrogens is 514 g/mol. The van der Waals surface area contributed by atoms with Gasteiger partial charge in [-0.3, -0.25) is 14.3 Å². The number of fused-ring (bicyclic) bond motifs is 1. The molecule has 3 aromatic rings. The molecule has 2 aliphatic rings. The molecule has 0 aliphatic carbocycles. The molecule has 194 valence electrons. The first-order chi connectivity index (χ1) is 17.6. The number of rotatable bonds is 4. The van der Waals surface area contributed by atoms with E-state index in [1.165, 1.54) is 33.8 Å².